The molecule has 0 aliphatic carbocycles. The van der Waals surface area contributed by atoms with Crippen LogP contribution in [0.2, 0.25) is 0 Å². The van der Waals surface area contributed by atoms with E-state index in [0.29, 0.717) is 18.7 Å². The molecule has 0 aliphatic heterocycles. The second kappa shape index (κ2) is 5.55. The van der Waals surface area contributed by atoms with Gasteiger partial charge in [-0.1, -0.05) is 30.3 Å². The number of aromatic nitrogens is 1. The maximum absolute atomic E-state index is 14.0. The van der Waals surface area contributed by atoms with Crippen molar-refractivity contribution in [2.24, 2.45) is 0 Å². The van der Waals surface area contributed by atoms with E-state index in [9.17, 15) is 4.39 Å². The molecule has 0 radical (unpaired) electrons. The van der Waals surface area contributed by atoms with Gasteiger partial charge in [0.15, 0.2) is 12.7 Å². The number of pyridine rings is 1. The summed E-state index contributed by atoms with van der Waals surface area (Å²) in [5.74, 6) is -0.238. The van der Waals surface area contributed by atoms with Crippen LogP contribution in [-0.2, 0) is 17.9 Å². The Bertz CT molecular complexity index is 485. The van der Waals surface area contributed by atoms with Crippen molar-refractivity contribution in [3.05, 3.63) is 65.7 Å². The summed E-state index contributed by atoms with van der Waals surface area (Å²) in [7, 11) is 1.56. The zero-order valence-corrected chi connectivity index (χ0v) is 9.77. The molecule has 0 fully saturated rings. The predicted octanol–water partition coefficient (Wildman–Crippen LogP) is 2.31. The molecule has 2 rings (SSSR count). The summed E-state index contributed by atoms with van der Waals surface area (Å²) in [4.78, 5) is 0. The predicted molar refractivity (Wildman–Crippen MR) is 62.9 cm³/mol. The number of hydrogen-bond acceptors (Lipinski definition) is 1. The summed E-state index contributed by atoms with van der Waals surface area (Å²) in [6, 6.07) is 13.4. The van der Waals surface area contributed by atoms with Crippen LogP contribution in [0.1, 0.15) is 11.1 Å². The van der Waals surface area contributed by atoms with Crippen molar-refractivity contribution < 1.29 is 13.7 Å². The Morgan fingerprint density at radius 2 is 1.88 bits per heavy atom. The normalized spacial score (nSPS) is 10.5. The summed E-state index contributed by atoms with van der Waals surface area (Å²) in [5, 5.41) is 0. The standard InChI is InChI=1S/C14H15FNO/c1-17-11-13-8-5-9-16(14(13)15)10-12-6-3-2-4-7-12/h2-9H,10-11H2,1H3/q+1. The van der Waals surface area contributed by atoms with Crippen molar-refractivity contribution in [2.45, 2.75) is 13.2 Å². The van der Waals surface area contributed by atoms with Crippen molar-refractivity contribution in [1.82, 2.24) is 0 Å². The Hall–Kier alpha value is -1.74. The number of ether oxygens (including phenoxy) is 1. The van der Waals surface area contributed by atoms with Crippen LogP contribution >= 0.6 is 0 Å². The molecular formula is C14H15FNO+. The lowest BCUT2D eigenvalue weighted by molar-refractivity contribution is -0.716. The van der Waals surface area contributed by atoms with E-state index in [0.717, 1.165) is 5.56 Å². The molecule has 0 amide bonds. The first-order chi connectivity index (χ1) is 8.31. The molecule has 0 spiro atoms. The van der Waals surface area contributed by atoms with Crippen LogP contribution in [0.4, 0.5) is 4.39 Å². The third kappa shape index (κ3) is 2.88. The Balaban J connectivity index is 2.24. The number of halogens is 1. The van der Waals surface area contributed by atoms with Crippen LogP contribution in [0.25, 0.3) is 0 Å². The first kappa shape index (κ1) is 11.7. The Morgan fingerprint density at radius 1 is 1.12 bits per heavy atom. The molecule has 1 aromatic carbocycles. The largest absolute Gasteiger partial charge is 0.380 e. The molecule has 0 atom stereocenters. The smallest absolute Gasteiger partial charge is 0.365 e. The van der Waals surface area contributed by atoms with Crippen molar-refractivity contribution in [1.29, 1.82) is 0 Å². The van der Waals surface area contributed by atoms with E-state index in [1.807, 2.05) is 36.4 Å². The summed E-state index contributed by atoms with van der Waals surface area (Å²) < 4.78 is 20.6. The van der Waals surface area contributed by atoms with Gasteiger partial charge in [-0.2, -0.15) is 4.57 Å². The molecule has 2 nitrogen and oxygen atoms in total. The van der Waals surface area contributed by atoms with E-state index in [1.54, 1.807) is 23.9 Å². The average Bonchev–Trinajstić information content (AvgIpc) is 2.36. The van der Waals surface area contributed by atoms with Gasteiger partial charge in [-0.05, 0) is 6.07 Å². The fraction of sp³-hybridized carbons (Fsp3) is 0.214. The minimum absolute atomic E-state index is 0.238. The molecule has 0 bridgehead atoms. The van der Waals surface area contributed by atoms with Gasteiger partial charge < -0.3 is 4.74 Å². The average molecular weight is 232 g/mol. The molecule has 0 saturated carbocycles. The van der Waals surface area contributed by atoms with Crippen LogP contribution in [-0.4, -0.2) is 7.11 Å². The quantitative estimate of drug-likeness (QED) is 0.582. The third-order valence-electron chi connectivity index (χ3n) is 2.58. The number of nitrogens with zero attached hydrogens (tertiary/aromatic N) is 1. The lowest BCUT2D eigenvalue weighted by Crippen LogP contribution is -2.39. The van der Waals surface area contributed by atoms with Crippen molar-refractivity contribution in [2.75, 3.05) is 7.11 Å². The van der Waals surface area contributed by atoms with Crippen molar-refractivity contribution >= 4 is 0 Å². The highest BCUT2D eigenvalue weighted by Gasteiger charge is 2.15. The van der Waals surface area contributed by atoms with Gasteiger partial charge in [0.2, 0.25) is 0 Å². The highest BCUT2D eigenvalue weighted by molar-refractivity contribution is 5.13. The van der Waals surface area contributed by atoms with Crippen LogP contribution in [0, 0.1) is 5.95 Å². The Morgan fingerprint density at radius 3 is 2.59 bits per heavy atom. The highest BCUT2D eigenvalue weighted by atomic mass is 19.1. The SMILES string of the molecule is COCc1ccc[n+](Cc2ccccc2)c1F. The number of benzene rings is 1. The summed E-state index contributed by atoms with van der Waals surface area (Å²) >= 11 is 0. The molecule has 2 aromatic rings. The van der Waals surface area contributed by atoms with E-state index in [-0.39, 0.29) is 5.95 Å². The Kier molecular flexibility index (Phi) is 3.83. The van der Waals surface area contributed by atoms with Gasteiger partial charge in [-0.3, -0.25) is 0 Å². The molecule has 17 heavy (non-hydrogen) atoms. The summed E-state index contributed by atoms with van der Waals surface area (Å²) in [6.45, 7) is 0.825. The highest BCUT2D eigenvalue weighted by Crippen LogP contribution is 2.05. The Labute approximate surface area is 100 Å². The molecule has 0 aliphatic rings. The molecule has 0 saturated heterocycles. The number of rotatable bonds is 4. The topological polar surface area (TPSA) is 13.1 Å². The van der Waals surface area contributed by atoms with E-state index < -0.39 is 0 Å². The van der Waals surface area contributed by atoms with Gasteiger partial charge >= 0.3 is 5.95 Å². The zero-order valence-electron chi connectivity index (χ0n) is 9.77. The molecule has 1 aromatic heterocycles. The lowest BCUT2D eigenvalue weighted by Gasteiger charge is -2.02. The molecule has 0 N–H and O–H groups in total. The first-order valence-corrected chi connectivity index (χ1v) is 5.51. The molecule has 0 unspecified atom stereocenters. The molecule has 3 heteroatoms. The maximum atomic E-state index is 14.0. The van der Waals surface area contributed by atoms with Crippen molar-refractivity contribution in [3.63, 3.8) is 0 Å². The fourth-order valence-electron chi connectivity index (χ4n) is 1.75. The lowest BCUT2D eigenvalue weighted by atomic mass is 10.2. The monoisotopic (exact) mass is 232 g/mol. The second-order valence-electron chi connectivity index (χ2n) is 3.87. The van der Waals surface area contributed by atoms with Gasteiger partial charge in [-0.15, -0.1) is 4.39 Å². The van der Waals surface area contributed by atoms with Crippen LogP contribution in [0.5, 0.6) is 0 Å². The van der Waals surface area contributed by atoms with Crippen LogP contribution in [0.3, 0.4) is 0 Å². The van der Waals surface area contributed by atoms with Gasteiger partial charge in [0, 0.05) is 18.7 Å². The maximum Gasteiger partial charge on any atom is 0.365 e. The summed E-state index contributed by atoms with van der Waals surface area (Å²) in [5.41, 5.74) is 1.65. The van der Waals surface area contributed by atoms with Gasteiger partial charge in [0.25, 0.3) is 0 Å². The van der Waals surface area contributed by atoms with E-state index in [1.165, 1.54) is 0 Å². The molecular weight excluding hydrogens is 217 g/mol. The van der Waals surface area contributed by atoms with Crippen LogP contribution in [0.15, 0.2) is 48.7 Å². The third-order valence-corrected chi connectivity index (χ3v) is 2.58. The zero-order chi connectivity index (χ0) is 12.1. The van der Waals surface area contributed by atoms with Gasteiger partial charge in [0.1, 0.15) is 0 Å². The van der Waals surface area contributed by atoms with E-state index in [2.05, 4.69) is 0 Å². The minimum atomic E-state index is -0.238. The van der Waals surface area contributed by atoms with Crippen molar-refractivity contribution in [3.8, 4) is 0 Å². The van der Waals surface area contributed by atoms with Gasteiger partial charge in [0.05, 0.1) is 12.2 Å². The molecule has 88 valence electrons. The van der Waals surface area contributed by atoms with Gasteiger partial charge in [-0.25, -0.2) is 0 Å². The van der Waals surface area contributed by atoms with E-state index >= 15 is 0 Å². The fourth-order valence-corrected chi connectivity index (χ4v) is 1.75. The van der Waals surface area contributed by atoms with Crippen LogP contribution < -0.4 is 4.57 Å². The first-order valence-electron chi connectivity index (χ1n) is 5.51. The number of methoxy groups -OCH3 is 1. The molecule has 1 heterocycles. The minimum Gasteiger partial charge on any atom is -0.380 e. The summed E-state index contributed by atoms with van der Waals surface area (Å²) in [6.07, 6.45) is 1.74. The van der Waals surface area contributed by atoms with E-state index in [4.69, 9.17) is 4.74 Å². The number of hydrogen-bond donors (Lipinski definition) is 0. The second-order valence-corrected chi connectivity index (χ2v) is 3.87.